The lowest BCUT2D eigenvalue weighted by Gasteiger charge is -2.26. The maximum atomic E-state index is 12.0. The van der Waals surface area contributed by atoms with E-state index in [9.17, 15) is 14.9 Å². The highest BCUT2D eigenvalue weighted by atomic mass is 16.6. The number of carbonyl (C=O) groups is 1. The van der Waals surface area contributed by atoms with Gasteiger partial charge in [0, 0.05) is 37.3 Å². The fourth-order valence-electron chi connectivity index (χ4n) is 2.35. The van der Waals surface area contributed by atoms with Crippen molar-refractivity contribution in [2.24, 2.45) is 5.73 Å². The Balaban J connectivity index is 1.98. The standard InChI is InChI=1S/C14H19N3O4/c15-9-11-8-12(17(19)20)4-5-13(11)21-10-14(18)16-6-2-1-3-7-16/h4-5,8H,1-3,6-7,9-10,15H2. The molecular weight excluding hydrogens is 274 g/mol. The topological polar surface area (TPSA) is 98.7 Å². The van der Waals surface area contributed by atoms with Gasteiger partial charge in [0.1, 0.15) is 5.75 Å². The number of piperidine rings is 1. The Hall–Kier alpha value is -2.15. The lowest BCUT2D eigenvalue weighted by atomic mass is 10.1. The Morgan fingerprint density at radius 1 is 1.33 bits per heavy atom. The summed E-state index contributed by atoms with van der Waals surface area (Å²) in [5, 5.41) is 10.7. The van der Waals surface area contributed by atoms with Crippen molar-refractivity contribution in [2.45, 2.75) is 25.8 Å². The lowest BCUT2D eigenvalue weighted by molar-refractivity contribution is -0.384. The van der Waals surface area contributed by atoms with E-state index in [0.717, 1.165) is 32.4 Å². The molecule has 21 heavy (non-hydrogen) atoms. The van der Waals surface area contributed by atoms with Crippen molar-refractivity contribution in [3.8, 4) is 5.75 Å². The SMILES string of the molecule is NCc1cc([N+](=O)[O-])ccc1OCC(=O)N1CCCCC1. The first-order valence-electron chi connectivity index (χ1n) is 7.00. The van der Waals surface area contributed by atoms with E-state index in [0.29, 0.717) is 11.3 Å². The third-order valence-corrected chi connectivity index (χ3v) is 3.53. The van der Waals surface area contributed by atoms with E-state index in [-0.39, 0.29) is 24.7 Å². The second-order valence-corrected chi connectivity index (χ2v) is 4.98. The minimum absolute atomic E-state index is 0.0369. The van der Waals surface area contributed by atoms with E-state index in [4.69, 9.17) is 10.5 Å². The van der Waals surface area contributed by atoms with Gasteiger partial charge in [-0.2, -0.15) is 0 Å². The van der Waals surface area contributed by atoms with Gasteiger partial charge in [-0.05, 0) is 25.3 Å². The molecule has 114 valence electrons. The first-order chi connectivity index (χ1) is 10.1. The Bertz CT molecular complexity index is 527. The Labute approximate surface area is 122 Å². The number of likely N-dealkylation sites (tertiary alicyclic amines) is 1. The summed E-state index contributed by atoms with van der Waals surface area (Å²) in [5.41, 5.74) is 6.06. The Morgan fingerprint density at radius 3 is 2.67 bits per heavy atom. The van der Waals surface area contributed by atoms with Crippen LogP contribution in [0.4, 0.5) is 5.69 Å². The van der Waals surface area contributed by atoms with Gasteiger partial charge in [0.05, 0.1) is 4.92 Å². The van der Waals surface area contributed by atoms with E-state index in [1.54, 1.807) is 4.90 Å². The summed E-state index contributed by atoms with van der Waals surface area (Å²) in [6.45, 7) is 1.60. The molecule has 1 saturated heterocycles. The predicted molar refractivity (Wildman–Crippen MR) is 76.9 cm³/mol. The van der Waals surface area contributed by atoms with Crippen molar-refractivity contribution in [1.82, 2.24) is 4.90 Å². The Morgan fingerprint density at radius 2 is 2.05 bits per heavy atom. The summed E-state index contributed by atoms with van der Waals surface area (Å²) in [4.78, 5) is 24.0. The average molecular weight is 293 g/mol. The van der Waals surface area contributed by atoms with E-state index in [1.165, 1.54) is 18.2 Å². The molecule has 0 atom stereocenters. The smallest absolute Gasteiger partial charge is 0.270 e. The third kappa shape index (κ3) is 3.91. The van der Waals surface area contributed by atoms with Crippen LogP contribution in [-0.2, 0) is 11.3 Å². The van der Waals surface area contributed by atoms with Crippen LogP contribution in [0.1, 0.15) is 24.8 Å². The molecule has 0 aromatic heterocycles. The molecule has 0 bridgehead atoms. The van der Waals surface area contributed by atoms with Crippen LogP contribution in [0.3, 0.4) is 0 Å². The molecule has 1 fully saturated rings. The number of hydrogen-bond acceptors (Lipinski definition) is 5. The van der Waals surface area contributed by atoms with Gasteiger partial charge in [0.2, 0.25) is 0 Å². The van der Waals surface area contributed by atoms with Crippen molar-refractivity contribution in [3.05, 3.63) is 33.9 Å². The minimum Gasteiger partial charge on any atom is -0.483 e. The van der Waals surface area contributed by atoms with Gasteiger partial charge in [-0.15, -0.1) is 0 Å². The van der Waals surface area contributed by atoms with Crippen LogP contribution in [0.25, 0.3) is 0 Å². The zero-order valence-electron chi connectivity index (χ0n) is 11.8. The highest BCUT2D eigenvalue weighted by Gasteiger charge is 2.18. The van der Waals surface area contributed by atoms with Gasteiger partial charge >= 0.3 is 0 Å². The summed E-state index contributed by atoms with van der Waals surface area (Å²) in [6, 6.07) is 4.21. The highest BCUT2D eigenvalue weighted by molar-refractivity contribution is 5.77. The Kier molecular flexibility index (Phi) is 5.10. The zero-order chi connectivity index (χ0) is 15.2. The van der Waals surface area contributed by atoms with Crippen molar-refractivity contribution >= 4 is 11.6 Å². The predicted octanol–water partition coefficient (Wildman–Crippen LogP) is 1.44. The molecule has 0 spiro atoms. The lowest BCUT2D eigenvalue weighted by Crippen LogP contribution is -2.38. The molecule has 1 aliphatic heterocycles. The largest absolute Gasteiger partial charge is 0.483 e. The van der Waals surface area contributed by atoms with E-state index < -0.39 is 4.92 Å². The minimum atomic E-state index is -0.484. The maximum absolute atomic E-state index is 12.0. The number of ether oxygens (including phenoxy) is 1. The van der Waals surface area contributed by atoms with Crippen molar-refractivity contribution < 1.29 is 14.5 Å². The van der Waals surface area contributed by atoms with E-state index >= 15 is 0 Å². The first-order valence-corrected chi connectivity index (χ1v) is 7.00. The normalized spacial score (nSPS) is 14.8. The van der Waals surface area contributed by atoms with Crippen LogP contribution in [0.5, 0.6) is 5.75 Å². The molecule has 1 heterocycles. The molecule has 7 heteroatoms. The number of nitrogens with zero attached hydrogens (tertiary/aromatic N) is 2. The van der Waals surface area contributed by atoms with Gasteiger partial charge in [-0.3, -0.25) is 14.9 Å². The second-order valence-electron chi connectivity index (χ2n) is 4.98. The van der Waals surface area contributed by atoms with Crippen LogP contribution >= 0.6 is 0 Å². The van der Waals surface area contributed by atoms with Gasteiger partial charge in [0.25, 0.3) is 11.6 Å². The molecule has 1 amide bonds. The van der Waals surface area contributed by atoms with Crippen LogP contribution in [0, 0.1) is 10.1 Å². The summed E-state index contributed by atoms with van der Waals surface area (Å²) in [5.74, 6) is 0.365. The number of nitrogens with two attached hydrogens (primary N) is 1. The van der Waals surface area contributed by atoms with Crippen LogP contribution in [0.15, 0.2) is 18.2 Å². The summed E-state index contributed by atoms with van der Waals surface area (Å²) < 4.78 is 5.48. The number of amides is 1. The van der Waals surface area contributed by atoms with E-state index in [2.05, 4.69) is 0 Å². The average Bonchev–Trinajstić information content (AvgIpc) is 2.53. The molecule has 2 N–H and O–H groups in total. The maximum Gasteiger partial charge on any atom is 0.270 e. The van der Waals surface area contributed by atoms with Crippen LogP contribution < -0.4 is 10.5 Å². The van der Waals surface area contributed by atoms with Crippen molar-refractivity contribution in [2.75, 3.05) is 19.7 Å². The summed E-state index contributed by atoms with van der Waals surface area (Å²) >= 11 is 0. The number of non-ortho nitro benzene ring substituents is 1. The number of carbonyl (C=O) groups excluding carboxylic acids is 1. The van der Waals surface area contributed by atoms with Gasteiger partial charge in [-0.1, -0.05) is 0 Å². The third-order valence-electron chi connectivity index (χ3n) is 3.53. The summed E-state index contributed by atoms with van der Waals surface area (Å²) in [7, 11) is 0. The van der Waals surface area contributed by atoms with Crippen LogP contribution in [-0.4, -0.2) is 35.4 Å². The molecule has 0 aliphatic carbocycles. The summed E-state index contributed by atoms with van der Waals surface area (Å²) in [6.07, 6.45) is 3.21. The molecule has 1 aromatic carbocycles. The van der Waals surface area contributed by atoms with Crippen molar-refractivity contribution in [1.29, 1.82) is 0 Å². The zero-order valence-corrected chi connectivity index (χ0v) is 11.8. The van der Waals surface area contributed by atoms with Crippen molar-refractivity contribution in [3.63, 3.8) is 0 Å². The van der Waals surface area contributed by atoms with Gasteiger partial charge in [-0.25, -0.2) is 0 Å². The molecule has 0 radical (unpaired) electrons. The monoisotopic (exact) mass is 293 g/mol. The van der Waals surface area contributed by atoms with Gasteiger partial charge < -0.3 is 15.4 Å². The fraction of sp³-hybridized carbons (Fsp3) is 0.500. The number of benzene rings is 1. The molecule has 1 aliphatic rings. The fourth-order valence-corrected chi connectivity index (χ4v) is 2.35. The molecule has 0 unspecified atom stereocenters. The first kappa shape index (κ1) is 15.2. The number of nitro benzene ring substituents is 1. The number of rotatable bonds is 5. The molecular formula is C14H19N3O4. The molecule has 1 aromatic rings. The highest BCUT2D eigenvalue weighted by Crippen LogP contribution is 2.24. The second kappa shape index (κ2) is 7.03. The van der Waals surface area contributed by atoms with E-state index in [1.807, 2.05) is 0 Å². The quantitative estimate of drug-likeness (QED) is 0.654. The number of nitro groups is 1. The van der Waals surface area contributed by atoms with Gasteiger partial charge in [0.15, 0.2) is 6.61 Å². The molecule has 2 rings (SSSR count). The number of hydrogen-bond donors (Lipinski definition) is 1. The van der Waals surface area contributed by atoms with Crippen LogP contribution in [0.2, 0.25) is 0 Å². The molecule has 0 saturated carbocycles. The molecule has 7 nitrogen and oxygen atoms in total.